The number of H-pyrrole nitrogens is 1. The van der Waals surface area contributed by atoms with Crippen LogP contribution in [0.1, 0.15) is 5.76 Å². The van der Waals surface area contributed by atoms with Crippen LogP contribution in [0.3, 0.4) is 0 Å². The summed E-state index contributed by atoms with van der Waals surface area (Å²) in [7, 11) is 0. The Bertz CT molecular complexity index is 656. The molecule has 0 amide bonds. The van der Waals surface area contributed by atoms with Gasteiger partial charge in [-0.1, -0.05) is 5.16 Å². The van der Waals surface area contributed by atoms with Crippen LogP contribution in [0.4, 0.5) is 4.39 Å². The number of aromatic amines is 1. The molecule has 2 aromatic heterocycles. The van der Waals surface area contributed by atoms with E-state index in [1.165, 1.54) is 12.1 Å². The third-order valence-corrected chi connectivity index (χ3v) is 2.75. The summed E-state index contributed by atoms with van der Waals surface area (Å²) in [6.07, 6.45) is 3.29. The van der Waals surface area contributed by atoms with E-state index in [9.17, 15) is 4.39 Å². The normalized spacial score (nSPS) is 10.8. The highest BCUT2D eigenvalue weighted by atomic mass is 19.1. The predicted molar refractivity (Wildman–Crippen MR) is 64.2 cm³/mol. The molecule has 0 saturated heterocycles. The van der Waals surface area contributed by atoms with Crippen LogP contribution in [0.5, 0.6) is 0 Å². The molecular weight excluding hydrogens is 233 g/mol. The van der Waals surface area contributed by atoms with Crippen LogP contribution in [0.25, 0.3) is 22.5 Å². The van der Waals surface area contributed by atoms with Gasteiger partial charge in [0.25, 0.3) is 0 Å². The lowest BCUT2D eigenvalue weighted by molar-refractivity contribution is 0.400. The van der Waals surface area contributed by atoms with E-state index in [2.05, 4.69) is 15.1 Å². The van der Waals surface area contributed by atoms with Crippen LogP contribution in [0.15, 0.2) is 41.3 Å². The molecule has 0 spiro atoms. The van der Waals surface area contributed by atoms with Crippen molar-refractivity contribution >= 4 is 0 Å². The average molecular weight is 243 g/mol. The fraction of sp³-hybridized carbons (Fsp3) is 0.0769. The molecule has 3 aromatic rings. The maximum absolute atomic E-state index is 12.9. The van der Waals surface area contributed by atoms with Crippen LogP contribution in [-0.2, 0) is 0 Å². The van der Waals surface area contributed by atoms with Crippen molar-refractivity contribution in [3.63, 3.8) is 0 Å². The Morgan fingerprint density at radius 3 is 2.67 bits per heavy atom. The molecule has 90 valence electrons. The van der Waals surface area contributed by atoms with Gasteiger partial charge in [-0.3, -0.25) is 0 Å². The first-order chi connectivity index (χ1) is 8.75. The summed E-state index contributed by atoms with van der Waals surface area (Å²) in [6, 6.07) is 6.14. The number of hydrogen-bond donors (Lipinski definition) is 1. The summed E-state index contributed by atoms with van der Waals surface area (Å²) in [5.41, 5.74) is 3.15. The minimum absolute atomic E-state index is 0.276. The van der Waals surface area contributed by atoms with Crippen molar-refractivity contribution in [3.8, 4) is 22.5 Å². The Balaban J connectivity index is 2.16. The van der Waals surface area contributed by atoms with Crippen molar-refractivity contribution in [2.75, 3.05) is 0 Å². The lowest BCUT2D eigenvalue weighted by Crippen LogP contribution is -1.84. The second-order valence-electron chi connectivity index (χ2n) is 3.93. The van der Waals surface area contributed by atoms with Crippen molar-refractivity contribution < 1.29 is 8.91 Å². The molecule has 1 N–H and O–H groups in total. The van der Waals surface area contributed by atoms with Gasteiger partial charge in [-0.05, 0) is 31.2 Å². The monoisotopic (exact) mass is 243 g/mol. The standard InChI is InChI=1S/C13H10FN3O/c1-8-12(11-6-15-7-16-11)13(17-18-8)9-2-4-10(14)5-3-9/h2-7H,1H3,(H,15,16). The van der Waals surface area contributed by atoms with E-state index in [1.807, 2.05) is 6.92 Å². The Morgan fingerprint density at radius 1 is 1.22 bits per heavy atom. The first-order valence-corrected chi connectivity index (χ1v) is 5.46. The average Bonchev–Trinajstić information content (AvgIpc) is 2.99. The Labute approximate surface area is 102 Å². The highest BCUT2D eigenvalue weighted by Gasteiger charge is 2.17. The number of benzene rings is 1. The van der Waals surface area contributed by atoms with Gasteiger partial charge in [-0.15, -0.1) is 0 Å². The number of rotatable bonds is 2. The first-order valence-electron chi connectivity index (χ1n) is 5.46. The number of hydrogen-bond acceptors (Lipinski definition) is 3. The second kappa shape index (κ2) is 4.10. The van der Waals surface area contributed by atoms with Gasteiger partial charge in [-0.2, -0.15) is 0 Å². The largest absolute Gasteiger partial charge is 0.360 e. The van der Waals surface area contributed by atoms with Gasteiger partial charge in [-0.25, -0.2) is 9.37 Å². The molecule has 3 rings (SSSR count). The summed E-state index contributed by atoms with van der Waals surface area (Å²) in [5.74, 6) is 0.417. The maximum Gasteiger partial charge on any atom is 0.143 e. The highest BCUT2D eigenvalue weighted by Crippen LogP contribution is 2.32. The number of aromatic nitrogens is 3. The molecule has 0 bridgehead atoms. The van der Waals surface area contributed by atoms with Crippen LogP contribution < -0.4 is 0 Å². The third kappa shape index (κ3) is 1.69. The lowest BCUT2D eigenvalue weighted by Gasteiger charge is -2.00. The smallest absolute Gasteiger partial charge is 0.143 e. The molecule has 0 saturated carbocycles. The van der Waals surface area contributed by atoms with Crippen LogP contribution in [0, 0.1) is 12.7 Å². The molecule has 0 aliphatic heterocycles. The molecule has 0 aliphatic carbocycles. The van der Waals surface area contributed by atoms with Crippen LogP contribution in [-0.4, -0.2) is 15.1 Å². The number of aryl methyl sites for hydroxylation is 1. The van der Waals surface area contributed by atoms with Gasteiger partial charge < -0.3 is 9.51 Å². The van der Waals surface area contributed by atoms with Crippen molar-refractivity contribution in [2.24, 2.45) is 0 Å². The Kier molecular flexibility index (Phi) is 2.44. The SMILES string of the molecule is Cc1onc(-c2ccc(F)cc2)c1-c1cnc[nH]1. The number of halogens is 1. The molecule has 0 fully saturated rings. The third-order valence-electron chi connectivity index (χ3n) is 2.75. The quantitative estimate of drug-likeness (QED) is 0.752. The summed E-state index contributed by atoms with van der Waals surface area (Å²) < 4.78 is 18.1. The maximum atomic E-state index is 12.9. The highest BCUT2D eigenvalue weighted by molar-refractivity contribution is 5.79. The van der Waals surface area contributed by atoms with E-state index in [-0.39, 0.29) is 5.82 Å². The molecule has 0 atom stereocenters. The molecular formula is C13H10FN3O. The molecule has 4 nitrogen and oxygen atoms in total. The predicted octanol–water partition coefficient (Wildman–Crippen LogP) is 3.18. The summed E-state index contributed by atoms with van der Waals surface area (Å²) in [4.78, 5) is 7.00. The van der Waals surface area contributed by atoms with Crippen LogP contribution >= 0.6 is 0 Å². The number of imidazole rings is 1. The van der Waals surface area contributed by atoms with E-state index in [4.69, 9.17) is 4.52 Å². The summed E-state index contributed by atoms with van der Waals surface area (Å²) >= 11 is 0. The minimum Gasteiger partial charge on any atom is -0.360 e. The van der Waals surface area contributed by atoms with E-state index in [0.29, 0.717) is 11.5 Å². The van der Waals surface area contributed by atoms with Gasteiger partial charge >= 0.3 is 0 Å². The molecule has 0 aliphatic rings. The molecule has 0 radical (unpaired) electrons. The second-order valence-corrected chi connectivity index (χ2v) is 3.93. The summed E-state index contributed by atoms with van der Waals surface area (Å²) in [5, 5.41) is 4.03. The zero-order valence-corrected chi connectivity index (χ0v) is 9.64. The van der Waals surface area contributed by atoms with Gasteiger partial charge in [0, 0.05) is 5.56 Å². The van der Waals surface area contributed by atoms with Gasteiger partial charge in [0.15, 0.2) is 0 Å². The fourth-order valence-corrected chi connectivity index (χ4v) is 1.89. The topological polar surface area (TPSA) is 54.7 Å². The molecule has 5 heteroatoms. The molecule has 18 heavy (non-hydrogen) atoms. The zero-order chi connectivity index (χ0) is 12.5. The Morgan fingerprint density at radius 2 is 2.00 bits per heavy atom. The van der Waals surface area contributed by atoms with Crippen molar-refractivity contribution in [1.29, 1.82) is 0 Å². The first kappa shape index (κ1) is 10.7. The minimum atomic E-state index is -0.276. The molecule has 0 unspecified atom stereocenters. The Hall–Kier alpha value is -2.43. The van der Waals surface area contributed by atoms with Crippen molar-refractivity contribution in [2.45, 2.75) is 6.92 Å². The van der Waals surface area contributed by atoms with Crippen molar-refractivity contribution in [3.05, 3.63) is 48.4 Å². The number of nitrogens with zero attached hydrogens (tertiary/aromatic N) is 2. The van der Waals surface area contributed by atoms with Gasteiger partial charge in [0.2, 0.25) is 0 Å². The van der Waals surface area contributed by atoms with E-state index in [0.717, 1.165) is 16.8 Å². The molecule has 2 heterocycles. The van der Waals surface area contributed by atoms with Gasteiger partial charge in [0.05, 0.1) is 23.8 Å². The number of nitrogens with one attached hydrogen (secondary N) is 1. The van der Waals surface area contributed by atoms with E-state index >= 15 is 0 Å². The van der Waals surface area contributed by atoms with Crippen LogP contribution in [0.2, 0.25) is 0 Å². The zero-order valence-electron chi connectivity index (χ0n) is 9.64. The van der Waals surface area contributed by atoms with Gasteiger partial charge in [0.1, 0.15) is 17.3 Å². The van der Waals surface area contributed by atoms with E-state index < -0.39 is 0 Å². The lowest BCUT2D eigenvalue weighted by atomic mass is 10.0. The van der Waals surface area contributed by atoms with E-state index in [1.54, 1.807) is 24.7 Å². The summed E-state index contributed by atoms with van der Waals surface area (Å²) in [6.45, 7) is 1.83. The fourth-order valence-electron chi connectivity index (χ4n) is 1.89. The molecule has 1 aromatic carbocycles. The van der Waals surface area contributed by atoms with Crippen molar-refractivity contribution in [1.82, 2.24) is 15.1 Å².